The van der Waals surface area contributed by atoms with Crippen LogP contribution in [0.4, 0.5) is 0 Å². The van der Waals surface area contributed by atoms with Gasteiger partial charge in [-0.25, -0.2) is 13.4 Å². The van der Waals surface area contributed by atoms with Gasteiger partial charge in [0.15, 0.2) is 9.84 Å². The third-order valence-electron chi connectivity index (χ3n) is 8.81. The van der Waals surface area contributed by atoms with Crippen LogP contribution in [-0.2, 0) is 26.8 Å². The van der Waals surface area contributed by atoms with Gasteiger partial charge in [0, 0.05) is 46.3 Å². The second kappa shape index (κ2) is 10.5. The number of aliphatic hydroxyl groups excluding tert-OH is 1. The molecule has 0 unspecified atom stereocenters. The van der Waals surface area contributed by atoms with Crippen molar-refractivity contribution in [1.82, 2.24) is 9.88 Å². The van der Waals surface area contributed by atoms with E-state index in [1.165, 1.54) is 23.5 Å². The van der Waals surface area contributed by atoms with Crippen molar-refractivity contribution in [2.75, 3.05) is 24.6 Å². The van der Waals surface area contributed by atoms with Gasteiger partial charge in [-0.2, -0.15) is 11.8 Å². The minimum atomic E-state index is -3.54. The Labute approximate surface area is 233 Å². The highest BCUT2D eigenvalue weighted by Gasteiger charge is 2.54. The first kappa shape index (κ1) is 27.4. The van der Waals surface area contributed by atoms with Gasteiger partial charge in [-0.3, -0.25) is 4.79 Å². The summed E-state index contributed by atoms with van der Waals surface area (Å²) in [4.78, 5) is 21.4. The summed E-state index contributed by atoms with van der Waals surface area (Å²) < 4.78 is 26.1. The number of halogens is 1. The molecule has 1 N–H and O–H groups in total. The van der Waals surface area contributed by atoms with Gasteiger partial charge in [0.1, 0.15) is 10.8 Å². The highest BCUT2D eigenvalue weighted by molar-refractivity contribution is 7.99. The van der Waals surface area contributed by atoms with Gasteiger partial charge in [-0.15, -0.1) is 11.3 Å². The van der Waals surface area contributed by atoms with E-state index in [1.807, 2.05) is 23.6 Å². The fourth-order valence-electron chi connectivity index (χ4n) is 6.80. The molecule has 5 rings (SSSR count). The lowest BCUT2D eigenvalue weighted by atomic mass is 9.53. The molecule has 10 heteroatoms. The van der Waals surface area contributed by atoms with E-state index in [4.69, 9.17) is 16.6 Å². The van der Waals surface area contributed by atoms with Crippen molar-refractivity contribution < 1.29 is 18.3 Å². The molecule has 2 aromatic rings. The number of sulfone groups is 1. The van der Waals surface area contributed by atoms with Gasteiger partial charge in [0.05, 0.1) is 16.7 Å². The number of aromatic nitrogens is 1. The molecule has 6 atom stereocenters. The summed E-state index contributed by atoms with van der Waals surface area (Å²) in [5, 5.41) is 12.8. The molecule has 0 spiro atoms. The number of rotatable bonds is 5. The number of nitrogens with zero attached hydrogens (tertiary/aromatic N) is 2. The first-order valence-electron chi connectivity index (χ1n) is 13.0. The standard InChI is InChI=1S/C27H35ClN2O4S3/c1-16(26(32)30-10-12-35-13-11-30)20-8-9-27(3)14-21-24(17(2)23(27)25(20)31)29-22(36-21)15-37(33,34)19-6-4-18(28)5-7-19/h4-7,16-17,20,23,25,31H,8-15H2,1-3H3/t16-,17-,20+,23+,25-,27-/m0/s1. The van der Waals surface area contributed by atoms with Crippen LogP contribution in [0.15, 0.2) is 29.2 Å². The predicted octanol–water partition coefficient (Wildman–Crippen LogP) is 5.03. The topological polar surface area (TPSA) is 87.6 Å². The number of amides is 1. The number of hydrogen-bond acceptors (Lipinski definition) is 7. The van der Waals surface area contributed by atoms with Crippen LogP contribution in [0.1, 0.15) is 55.1 Å². The Balaban J connectivity index is 1.36. The average molecular weight is 583 g/mol. The number of thioether (sulfide) groups is 1. The lowest BCUT2D eigenvalue weighted by molar-refractivity contribution is -0.144. The zero-order valence-corrected chi connectivity index (χ0v) is 24.7. The fourth-order valence-corrected chi connectivity index (χ4v) is 10.8. The number of fused-ring (bicyclic) bond motifs is 2. The Morgan fingerprint density at radius 2 is 1.95 bits per heavy atom. The molecule has 2 heterocycles. The Bertz CT molecular complexity index is 1260. The maximum Gasteiger partial charge on any atom is 0.225 e. The van der Waals surface area contributed by atoms with E-state index >= 15 is 0 Å². The minimum absolute atomic E-state index is 0.0107. The van der Waals surface area contributed by atoms with Crippen LogP contribution < -0.4 is 0 Å². The lowest BCUT2D eigenvalue weighted by Gasteiger charge is -2.53. The zero-order chi connectivity index (χ0) is 26.5. The van der Waals surface area contributed by atoms with E-state index in [0.29, 0.717) is 10.0 Å². The van der Waals surface area contributed by atoms with Crippen LogP contribution >= 0.6 is 34.7 Å². The van der Waals surface area contributed by atoms with E-state index in [2.05, 4.69) is 13.8 Å². The minimum Gasteiger partial charge on any atom is -0.392 e. The van der Waals surface area contributed by atoms with Crippen molar-refractivity contribution >= 4 is 50.4 Å². The molecule has 0 bridgehead atoms. The summed E-state index contributed by atoms with van der Waals surface area (Å²) in [5.74, 6) is 1.65. The van der Waals surface area contributed by atoms with Crippen LogP contribution in [0.25, 0.3) is 0 Å². The van der Waals surface area contributed by atoms with Crippen LogP contribution in [0, 0.1) is 23.2 Å². The Hall–Kier alpha value is -1.13. The van der Waals surface area contributed by atoms with Crippen molar-refractivity contribution in [1.29, 1.82) is 0 Å². The first-order valence-corrected chi connectivity index (χ1v) is 17.0. The van der Waals surface area contributed by atoms with Crippen molar-refractivity contribution in [2.45, 2.75) is 62.7 Å². The number of hydrogen-bond donors (Lipinski definition) is 1. The van der Waals surface area contributed by atoms with E-state index in [9.17, 15) is 18.3 Å². The van der Waals surface area contributed by atoms with Crippen LogP contribution in [0.5, 0.6) is 0 Å². The molecule has 3 aliphatic rings. The molecule has 6 nitrogen and oxygen atoms in total. The van der Waals surface area contributed by atoms with Gasteiger partial charge < -0.3 is 10.0 Å². The molecule has 1 aromatic carbocycles. The van der Waals surface area contributed by atoms with Gasteiger partial charge in [-0.1, -0.05) is 32.4 Å². The average Bonchev–Trinajstić information content (AvgIpc) is 3.25. The summed E-state index contributed by atoms with van der Waals surface area (Å²) in [6, 6.07) is 6.24. The molecular formula is C27H35ClN2O4S3. The molecule has 202 valence electrons. The molecular weight excluding hydrogens is 548 g/mol. The number of carbonyl (C=O) groups excluding carboxylic acids is 1. The lowest BCUT2D eigenvalue weighted by Crippen LogP contribution is -2.54. The normalized spacial score (nSPS) is 30.9. The third kappa shape index (κ3) is 5.23. The number of thiazole rings is 1. The van der Waals surface area contributed by atoms with E-state index < -0.39 is 15.9 Å². The van der Waals surface area contributed by atoms with Crippen molar-refractivity contribution in [3.05, 3.63) is 44.9 Å². The van der Waals surface area contributed by atoms with Crippen LogP contribution in [0.2, 0.25) is 5.02 Å². The largest absolute Gasteiger partial charge is 0.392 e. The van der Waals surface area contributed by atoms with Gasteiger partial charge in [-0.05, 0) is 60.8 Å². The molecule has 2 fully saturated rings. The smallest absolute Gasteiger partial charge is 0.225 e. The fraction of sp³-hybridized carbons (Fsp3) is 0.630. The Morgan fingerprint density at radius 3 is 2.62 bits per heavy atom. The summed E-state index contributed by atoms with van der Waals surface area (Å²) in [7, 11) is -3.54. The van der Waals surface area contributed by atoms with Crippen molar-refractivity contribution in [2.24, 2.45) is 23.2 Å². The molecule has 1 amide bonds. The highest BCUT2D eigenvalue weighted by Crippen LogP contribution is 2.57. The van der Waals surface area contributed by atoms with Crippen LogP contribution in [0.3, 0.4) is 0 Å². The first-order chi connectivity index (χ1) is 17.5. The predicted molar refractivity (Wildman–Crippen MR) is 150 cm³/mol. The second-order valence-electron chi connectivity index (χ2n) is 11.2. The van der Waals surface area contributed by atoms with Gasteiger partial charge in [0.25, 0.3) is 0 Å². The third-order valence-corrected chi connectivity index (χ3v) is 12.9. The molecule has 2 aliphatic carbocycles. The number of benzene rings is 1. The molecule has 37 heavy (non-hydrogen) atoms. The van der Waals surface area contributed by atoms with Crippen LogP contribution in [-0.4, -0.2) is 60.0 Å². The van der Waals surface area contributed by atoms with E-state index in [1.54, 1.807) is 12.1 Å². The Kier molecular flexibility index (Phi) is 7.75. The monoisotopic (exact) mass is 582 g/mol. The summed E-state index contributed by atoms with van der Waals surface area (Å²) in [5.41, 5.74) is 0.812. The Morgan fingerprint density at radius 1 is 1.27 bits per heavy atom. The summed E-state index contributed by atoms with van der Waals surface area (Å²) >= 11 is 9.30. The summed E-state index contributed by atoms with van der Waals surface area (Å²) in [6.45, 7) is 7.92. The summed E-state index contributed by atoms with van der Waals surface area (Å²) in [6.07, 6.45) is 1.95. The zero-order valence-electron chi connectivity index (χ0n) is 21.5. The molecule has 1 aliphatic heterocycles. The maximum absolute atomic E-state index is 13.3. The molecule has 1 aromatic heterocycles. The highest BCUT2D eigenvalue weighted by atomic mass is 35.5. The second-order valence-corrected chi connectivity index (χ2v) is 16.0. The van der Waals surface area contributed by atoms with E-state index in [-0.39, 0.29) is 45.6 Å². The maximum atomic E-state index is 13.3. The number of aliphatic hydroxyl groups is 1. The number of carbonyl (C=O) groups is 1. The SMILES string of the molecule is C[C@H](C(=O)N1CCSCC1)[C@H]1CC[C@@]2(C)Cc3sc(CS(=O)(=O)c4ccc(Cl)cc4)nc3[C@@H](C)[C@@H]2[C@H]1O. The quantitative estimate of drug-likeness (QED) is 0.532. The molecule has 1 saturated heterocycles. The molecule has 1 saturated carbocycles. The van der Waals surface area contributed by atoms with Gasteiger partial charge >= 0.3 is 0 Å². The van der Waals surface area contributed by atoms with Crippen molar-refractivity contribution in [3.63, 3.8) is 0 Å². The van der Waals surface area contributed by atoms with Gasteiger partial charge in [0.2, 0.25) is 5.91 Å². The van der Waals surface area contributed by atoms with E-state index in [0.717, 1.165) is 54.4 Å². The molecule has 0 radical (unpaired) electrons. The van der Waals surface area contributed by atoms with Crippen molar-refractivity contribution in [3.8, 4) is 0 Å².